The quantitative estimate of drug-likeness (QED) is 0.911. The van der Waals surface area contributed by atoms with Gasteiger partial charge in [-0.25, -0.2) is 4.79 Å². The van der Waals surface area contributed by atoms with Gasteiger partial charge in [0.2, 0.25) is 0 Å². The molecular weight excluding hydrogens is 302 g/mol. The minimum Gasteiger partial charge on any atom is -0.487 e. The molecule has 0 aliphatic carbocycles. The first-order chi connectivity index (χ1) is 11.4. The molecule has 0 amide bonds. The molecule has 0 radical (unpaired) electrons. The maximum Gasteiger partial charge on any atom is 0.335 e. The fourth-order valence-electron chi connectivity index (χ4n) is 3.03. The molecule has 1 heterocycles. The highest BCUT2D eigenvalue weighted by atomic mass is 16.5. The van der Waals surface area contributed by atoms with E-state index in [1.165, 1.54) is 5.56 Å². The Hall–Kier alpha value is -2.49. The third kappa shape index (κ3) is 3.37. The SMILES string of the molecule is CC1CN(Cc2ccc(C(=O)O)cc2)c2cc(C(C)C)ccc2O1. The summed E-state index contributed by atoms with van der Waals surface area (Å²) in [5.74, 6) is 0.486. The van der Waals surface area contributed by atoms with Gasteiger partial charge >= 0.3 is 5.97 Å². The Kier molecular flexibility index (Phi) is 4.47. The lowest BCUT2D eigenvalue weighted by molar-refractivity contribution is 0.0697. The van der Waals surface area contributed by atoms with E-state index in [0.29, 0.717) is 11.5 Å². The Morgan fingerprint density at radius 3 is 2.58 bits per heavy atom. The highest BCUT2D eigenvalue weighted by molar-refractivity contribution is 5.87. The van der Waals surface area contributed by atoms with Gasteiger partial charge in [0.25, 0.3) is 0 Å². The molecule has 0 spiro atoms. The maximum absolute atomic E-state index is 11.0. The number of carbonyl (C=O) groups is 1. The molecule has 0 saturated heterocycles. The van der Waals surface area contributed by atoms with E-state index in [0.717, 1.165) is 30.1 Å². The number of hydrogen-bond acceptors (Lipinski definition) is 3. The van der Waals surface area contributed by atoms with Crippen LogP contribution in [-0.4, -0.2) is 23.7 Å². The molecule has 0 saturated carbocycles. The fraction of sp³-hybridized carbons (Fsp3) is 0.350. The number of nitrogens with zero attached hydrogens (tertiary/aromatic N) is 1. The molecule has 126 valence electrons. The van der Waals surface area contributed by atoms with E-state index >= 15 is 0 Å². The predicted octanol–water partition coefficient (Wildman–Crippen LogP) is 4.30. The first kappa shape index (κ1) is 16.4. The smallest absolute Gasteiger partial charge is 0.335 e. The zero-order valence-corrected chi connectivity index (χ0v) is 14.3. The highest BCUT2D eigenvalue weighted by Gasteiger charge is 2.23. The second-order valence-corrected chi connectivity index (χ2v) is 6.69. The fourth-order valence-corrected chi connectivity index (χ4v) is 3.03. The molecule has 0 aromatic heterocycles. The van der Waals surface area contributed by atoms with Gasteiger partial charge in [0.15, 0.2) is 0 Å². The second kappa shape index (κ2) is 6.56. The van der Waals surface area contributed by atoms with E-state index in [1.54, 1.807) is 12.1 Å². The third-order valence-corrected chi connectivity index (χ3v) is 4.37. The molecule has 1 atom stereocenters. The van der Waals surface area contributed by atoms with Gasteiger partial charge in [0.05, 0.1) is 17.8 Å². The summed E-state index contributed by atoms with van der Waals surface area (Å²) in [6.45, 7) is 7.99. The van der Waals surface area contributed by atoms with Gasteiger partial charge in [0.1, 0.15) is 11.9 Å². The van der Waals surface area contributed by atoms with Crippen molar-refractivity contribution in [3.63, 3.8) is 0 Å². The maximum atomic E-state index is 11.0. The minimum absolute atomic E-state index is 0.126. The average Bonchev–Trinajstić information content (AvgIpc) is 2.54. The molecule has 1 unspecified atom stereocenters. The van der Waals surface area contributed by atoms with E-state index in [-0.39, 0.29) is 6.10 Å². The summed E-state index contributed by atoms with van der Waals surface area (Å²) in [5, 5.41) is 9.02. The zero-order valence-electron chi connectivity index (χ0n) is 14.3. The summed E-state index contributed by atoms with van der Waals surface area (Å²) in [6.07, 6.45) is 0.126. The van der Waals surface area contributed by atoms with E-state index in [1.807, 2.05) is 12.1 Å². The molecule has 0 fully saturated rings. The zero-order chi connectivity index (χ0) is 17.3. The monoisotopic (exact) mass is 325 g/mol. The van der Waals surface area contributed by atoms with Crippen LogP contribution in [0.25, 0.3) is 0 Å². The Balaban J connectivity index is 1.88. The van der Waals surface area contributed by atoms with Crippen molar-refractivity contribution in [2.45, 2.75) is 39.3 Å². The van der Waals surface area contributed by atoms with Crippen molar-refractivity contribution in [2.24, 2.45) is 0 Å². The number of aromatic carboxylic acids is 1. The molecule has 24 heavy (non-hydrogen) atoms. The molecule has 1 N–H and O–H groups in total. The lowest BCUT2D eigenvalue weighted by Crippen LogP contribution is -2.38. The lowest BCUT2D eigenvalue weighted by atomic mass is 10.0. The molecular formula is C20H23NO3. The Bertz CT molecular complexity index is 737. The number of hydrogen-bond donors (Lipinski definition) is 1. The summed E-state index contributed by atoms with van der Waals surface area (Å²) in [4.78, 5) is 13.3. The van der Waals surface area contributed by atoms with Crippen LogP contribution in [0.2, 0.25) is 0 Å². The minimum atomic E-state index is -0.895. The summed E-state index contributed by atoms with van der Waals surface area (Å²) in [5.41, 5.74) is 3.81. The average molecular weight is 325 g/mol. The molecule has 3 rings (SSSR count). The highest BCUT2D eigenvalue weighted by Crippen LogP contribution is 2.36. The molecule has 1 aliphatic rings. The number of benzene rings is 2. The van der Waals surface area contributed by atoms with Crippen LogP contribution in [-0.2, 0) is 6.54 Å². The molecule has 4 heteroatoms. The number of fused-ring (bicyclic) bond motifs is 1. The number of carboxylic acids is 1. The van der Waals surface area contributed by atoms with E-state index in [2.05, 4.69) is 43.9 Å². The standard InChI is InChI=1S/C20H23NO3/c1-13(2)17-8-9-19-18(10-17)21(11-14(3)24-19)12-15-4-6-16(7-5-15)20(22)23/h4-10,13-14H,11-12H2,1-3H3,(H,22,23). The Morgan fingerprint density at radius 1 is 1.25 bits per heavy atom. The van der Waals surface area contributed by atoms with Crippen LogP contribution in [0.1, 0.15) is 48.2 Å². The van der Waals surface area contributed by atoms with E-state index in [9.17, 15) is 4.79 Å². The van der Waals surface area contributed by atoms with Gasteiger partial charge in [-0.1, -0.05) is 32.0 Å². The van der Waals surface area contributed by atoms with Crippen LogP contribution in [0.3, 0.4) is 0 Å². The van der Waals surface area contributed by atoms with Crippen molar-refractivity contribution in [1.29, 1.82) is 0 Å². The Labute approximate surface area is 142 Å². The number of carboxylic acid groups (broad SMARTS) is 1. The van der Waals surface area contributed by atoms with Gasteiger partial charge in [0, 0.05) is 6.54 Å². The third-order valence-electron chi connectivity index (χ3n) is 4.37. The topological polar surface area (TPSA) is 49.8 Å². The number of rotatable bonds is 4. The van der Waals surface area contributed by atoms with Crippen molar-refractivity contribution in [2.75, 3.05) is 11.4 Å². The van der Waals surface area contributed by atoms with Gasteiger partial charge in [-0.3, -0.25) is 0 Å². The number of ether oxygens (including phenoxy) is 1. The summed E-state index contributed by atoms with van der Waals surface area (Å²) in [7, 11) is 0. The van der Waals surface area contributed by atoms with Crippen LogP contribution in [0.15, 0.2) is 42.5 Å². The predicted molar refractivity (Wildman–Crippen MR) is 95.1 cm³/mol. The summed E-state index contributed by atoms with van der Waals surface area (Å²) < 4.78 is 5.97. The van der Waals surface area contributed by atoms with Gasteiger partial charge in [-0.05, 0) is 48.2 Å². The van der Waals surface area contributed by atoms with Crippen molar-refractivity contribution < 1.29 is 14.6 Å². The molecule has 0 bridgehead atoms. The first-order valence-corrected chi connectivity index (χ1v) is 8.32. The molecule has 4 nitrogen and oxygen atoms in total. The van der Waals surface area contributed by atoms with Gasteiger partial charge < -0.3 is 14.7 Å². The van der Waals surface area contributed by atoms with Gasteiger partial charge in [-0.2, -0.15) is 0 Å². The summed E-state index contributed by atoms with van der Waals surface area (Å²) >= 11 is 0. The molecule has 2 aromatic rings. The van der Waals surface area contributed by atoms with Crippen LogP contribution >= 0.6 is 0 Å². The van der Waals surface area contributed by atoms with Crippen molar-refractivity contribution in [1.82, 2.24) is 0 Å². The molecule has 2 aromatic carbocycles. The summed E-state index contributed by atoms with van der Waals surface area (Å²) in [6, 6.07) is 13.5. The van der Waals surface area contributed by atoms with E-state index in [4.69, 9.17) is 9.84 Å². The van der Waals surface area contributed by atoms with Crippen molar-refractivity contribution >= 4 is 11.7 Å². The molecule has 1 aliphatic heterocycles. The first-order valence-electron chi connectivity index (χ1n) is 8.32. The van der Waals surface area contributed by atoms with Crippen LogP contribution in [0.5, 0.6) is 5.75 Å². The Morgan fingerprint density at radius 2 is 1.96 bits per heavy atom. The van der Waals surface area contributed by atoms with Crippen molar-refractivity contribution in [3.8, 4) is 5.75 Å². The van der Waals surface area contributed by atoms with Crippen LogP contribution < -0.4 is 9.64 Å². The van der Waals surface area contributed by atoms with Crippen molar-refractivity contribution in [3.05, 3.63) is 59.2 Å². The van der Waals surface area contributed by atoms with E-state index < -0.39 is 5.97 Å². The normalized spacial score (nSPS) is 16.7. The lowest BCUT2D eigenvalue weighted by Gasteiger charge is -2.35. The number of anilines is 1. The van der Waals surface area contributed by atoms with Crippen LogP contribution in [0, 0.1) is 0 Å². The second-order valence-electron chi connectivity index (χ2n) is 6.69. The largest absolute Gasteiger partial charge is 0.487 e. The van der Waals surface area contributed by atoms with Gasteiger partial charge in [-0.15, -0.1) is 0 Å². The van der Waals surface area contributed by atoms with Crippen LogP contribution in [0.4, 0.5) is 5.69 Å².